The Kier molecular flexibility index (Phi) is 8.12. The van der Waals surface area contributed by atoms with Gasteiger partial charge in [-0.15, -0.1) is 0 Å². The second-order valence-electron chi connectivity index (χ2n) is 16.4. The molecule has 48 heavy (non-hydrogen) atoms. The maximum Gasteiger partial charge on any atom is 0.0806 e. The molecule has 5 aromatic carbocycles. The van der Waals surface area contributed by atoms with E-state index in [2.05, 4.69) is 173 Å². The summed E-state index contributed by atoms with van der Waals surface area (Å²) in [6.45, 7) is 21.8. The van der Waals surface area contributed by atoms with Gasteiger partial charge in [0.25, 0.3) is 0 Å². The number of nitrogens with zero attached hydrogens (tertiary/aromatic N) is 2. The first-order chi connectivity index (χ1) is 22.8. The monoisotopic (exact) mass is 664 g/mol. The van der Waals surface area contributed by atoms with E-state index in [-0.39, 0.29) is 5.41 Å². The number of aromatic nitrogens is 2. The first kappa shape index (κ1) is 32.7. The van der Waals surface area contributed by atoms with Gasteiger partial charge in [-0.3, -0.25) is 0 Å². The minimum absolute atomic E-state index is 0.0197. The van der Waals surface area contributed by atoms with Gasteiger partial charge in [0.15, 0.2) is 0 Å². The van der Waals surface area contributed by atoms with Crippen molar-refractivity contribution in [2.24, 2.45) is 0 Å². The molecule has 7 rings (SSSR count). The Bertz CT molecular complexity index is 2150. The zero-order chi connectivity index (χ0) is 34.0. The molecule has 0 amide bonds. The van der Waals surface area contributed by atoms with E-state index < -0.39 is 16.1 Å². The van der Waals surface area contributed by atoms with Gasteiger partial charge in [0.2, 0.25) is 0 Å². The maximum atomic E-state index is 2.53. The third-order valence-electron chi connectivity index (χ3n) is 10.9. The van der Waals surface area contributed by atoms with Crippen LogP contribution in [0.5, 0.6) is 0 Å². The fourth-order valence-corrected chi connectivity index (χ4v) is 13.4. The topological polar surface area (TPSA) is 9.86 Å². The van der Waals surface area contributed by atoms with Gasteiger partial charge in [-0.2, -0.15) is 0 Å². The molecule has 2 aromatic heterocycles. The predicted octanol–water partition coefficient (Wildman–Crippen LogP) is 11.8. The van der Waals surface area contributed by atoms with Gasteiger partial charge in [0, 0.05) is 32.9 Å². The third kappa shape index (κ3) is 5.47. The zero-order valence-electron chi connectivity index (χ0n) is 30.5. The Hall–Kier alpha value is -3.87. The second kappa shape index (κ2) is 11.9. The Morgan fingerprint density at radius 1 is 0.479 bits per heavy atom. The summed E-state index contributed by atoms with van der Waals surface area (Å²) in [6.07, 6.45) is 2.48. The number of para-hydroxylation sites is 2. The average Bonchev–Trinajstić information content (AvgIpc) is 3.56. The normalized spacial score (nSPS) is 13.0. The Morgan fingerprint density at radius 3 is 1.27 bits per heavy atom. The quantitative estimate of drug-likeness (QED) is 0.143. The smallest absolute Gasteiger partial charge is 0.0806 e. The van der Waals surface area contributed by atoms with Gasteiger partial charge < -0.3 is 9.13 Å². The lowest BCUT2D eigenvalue weighted by Gasteiger charge is -2.24. The van der Waals surface area contributed by atoms with Crippen molar-refractivity contribution in [3.63, 3.8) is 0 Å². The largest absolute Gasteiger partial charge is 0.309 e. The Labute approximate surface area is 289 Å². The molecule has 0 fully saturated rings. The molecular weight excluding hydrogens is 613 g/mol. The Morgan fingerprint density at radius 2 is 0.875 bits per heavy atom. The molecule has 7 aromatic rings. The van der Waals surface area contributed by atoms with Crippen molar-refractivity contribution in [1.29, 1.82) is 0 Å². The lowest BCUT2D eigenvalue weighted by Crippen LogP contribution is -2.40. The van der Waals surface area contributed by atoms with Crippen LogP contribution in [0.4, 0.5) is 0 Å². The molecular formula is C44H52N2Si2. The van der Waals surface area contributed by atoms with E-state index in [1.165, 1.54) is 85.5 Å². The summed E-state index contributed by atoms with van der Waals surface area (Å²) in [5.41, 5.74) is 8.88. The molecule has 0 saturated carbocycles. The van der Waals surface area contributed by atoms with E-state index in [0.29, 0.717) is 0 Å². The zero-order valence-corrected chi connectivity index (χ0v) is 32.5. The van der Waals surface area contributed by atoms with E-state index in [1.807, 2.05) is 0 Å². The molecule has 0 bridgehead atoms. The van der Waals surface area contributed by atoms with Crippen molar-refractivity contribution >= 4 is 70.1 Å². The summed E-state index contributed by atoms with van der Waals surface area (Å²) in [6, 6.07) is 42.7. The third-order valence-corrected chi connectivity index (χ3v) is 18.2. The van der Waals surface area contributed by atoms with Crippen molar-refractivity contribution < 1.29 is 0 Å². The summed E-state index contributed by atoms with van der Waals surface area (Å²) in [5, 5.41) is 8.51. The highest BCUT2D eigenvalue weighted by Gasteiger charge is 2.26. The summed E-state index contributed by atoms with van der Waals surface area (Å²) >= 11 is 0. The van der Waals surface area contributed by atoms with Gasteiger partial charge in [-0.1, -0.05) is 157 Å². The number of benzene rings is 5. The van der Waals surface area contributed by atoms with Crippen LogP contribution in [-0.2, 0) is 5.41 Å². The van der Waals surface area contributed by atoms with Crippen molar-refractivity contribution in [3.8, 4) is 11.4 Å². The summed E-state index contributed by atoms with van der Waals surface area (Å²) < 4.78 is 5.04. The van der Waals surface area contributed by atoms with Crippen LogP contribution in [0.3, 0.4) is 0 Å². The first-order valence-electron chi connectivity index (χ1n) is 18.1. The second-order valence-corrected chi connectivity index (χ2v) is 26.1. The van der Waals surface area contributed by atoms with E-state index in [0.717, 1.165) is 0 Å². The molecule has 0 atom stereocenters. The fraction of sp³-hybridized carbons (Fsp3) is 0.318. The molecule has 0 aliphatic heterocycles. The molecule has 2 heterocycles. The van der Waals surface area contributed by atoms with Crippen LogP contribution in [0.2, 0.25) is 38.3 Å². The molecule has 0 unspecified atom stereocenters. The van der Waals surface area contributed by atoms with Crippen molar-refractivity contribution in [1.82, 2.24) is 9.13 Å². The lowest BCUT2D eigenvalue weighted by atomic mass is 9.86. The van der Waals surface area contributed by atoms with Crippen LogP contribution in [0.1, 0.15) is 53.0 Å². The summed E-state index contributed by atoms with van der Waals surface area (Å²) in [5.74, 6) is 0. The highest BCUT2D eigenvalue weighted by atomic mass is 28.3. The Balaban J connectivity index is 1.52. The van der Waals surface area contributed by atoms with E-state index in [1.54, 1.807) is 10.4 Å². The highest BCUT2D eigenvalue weighted by molar-refractivity contribution is 6.90. The molecule has 0 aliphatic rings. The molecule has 0 N–H and O–H groups in total. The average molecular weight is 665 g/mol. The molecule has 4 heteroatoms. The van der Waals surface area contributed by atoms with Crippen LogP contribution in [0, 0.1) is 0 Å². The van der Waals surface area contributed by atoms with Crippen molar-refractivity contribution in [2.75, 3.05) is 0 Å². The summed E-state index contributed by atoms with van der Waals surface area (Å²) in [7, 11) is -3.03. The minimum atomic E-state index is -1.52. The maximum absolute atomic E-state index is 2.53. The summed E-state index contributed by atoms with van der Waals surface area (Å²) in [4.78, 5) is 0. The molecule has 0 aliphatic carbocycles. The van der Waals surface area contributed by atoms with E-state index >= 15 is 0 Å². The number of hydrogen-bond acceptors (Lipinski definition) is 0. The molecule has 2 nitrogen and oxygen atoms in total. The van der Waals surface area contributed by atoms with Gasteiger partial charge in [0.1, 0.15) is 0 Å². The van der Waals surface area contributed by atoms with Gasteiger partial charge in [0.05, 0.1) is 38.2 Å². The van der Waals surface area contributed by atoms with Crippen LogP contribution < -0.4 is 10.4 Å². The minimum Gasteiger partial charge on any atom is -0.309 e. The van der Waals surface area contributed by atoms with Crippen LogP contribution in [0.25, 0.3) is 55.0 Å². The van der Waals surface area contributed by atoms with Crippen LogP contribution in [-0.4, -0.2) is 25.3 Å². The lowest BCUT2D eigenvalue weighted by molar-refractivity contribution is 0.589. The van der Waals surface area contributed by atoms with Gasteiger partial charge in [-0.05, 0) is 53.4 Å². The van der Waals surface area contributed by atoms with Crippen molar-refractivity contribution in [3.05, 3.63) is 109 Å². The van der Waals surface area contributed by atoms with E-state index in [9.17, 15) is 0 Å². The van der Waals surface area contributed by atoms with E-state index in [4.69, 9.17) is 0 Å². The standard InChI is InChI=1S/C44H52N2Si2/c1-10-24-47(6,7)34-20-22-42-38(29-34)36-16-12-14-18-40(36)45(42)32-26-31(44(3,4)5)27-33(28-32)46-41-19-15-13-17-37(41)39-30-35(21-23-43(39)46)48(8,9)25-11-2/h12-23,26-30H,10-11,24-25H2,1-9H3. The molecule has 0 spiro atoms. The van der Waals surface area contributed by atoms with Gasteiger partial charge >= 0.3 is 0 Å². The molecule has 0 saturated heterocycles. The first-order valence-corrected chi connectivity index (χ1v) is 24.5. The van der Waals surface area contributed by atoms with Gasteiger partial charge in [-0.25, -0.2) is 0 Å². The predicted molar refractivity (Wildman–Crippen MR) is 218 cm³/mol. The van der Waals surface area contributed by atoms with Crippen LogP contribution in [0.15, 0.2) is 103 Å². The van der Waals surface area contributed by atoms with Crippen LogP contribution >= 0.6 is 0 Å². The highest BCUT2D eigenvalue weighted by Crippen LogP contribution is 2.38. The van der Waals surface area contributed by atoms with Crippen molar-refractivity contribution in [2.45, 2.75) is 91.2 Å². The fourth-order valence-electron chi connectivity index (χ4n) is 8.17. The number of hydrogen-bond donors (Lipinski definition) is 0. The molecule has 0 radical (unpaired) electrons. The SMILES string of the molecule is CCC[Si](C)(C)c1ccc2c(c1)c1ccccc1n2-c1cc(-n2c3ccccc3c3cc([Si](C)(C)CCC)ccc32)cc(C(C)(C)C)c1. The number of rotatable bonds is 8. The molecule has 246 valence electrons. The number of fused-ring (bicyclic) bond motifs is 6.